The summed E-state index contributed by atoms with van der Waals surface area (Å²) in [5, 5.41) is 9.53. The SMILES string of the molecule is CCOC(=O)c1ccc2nc(CN3CCN(c4ccc(Cl)nn4)CC3)sc2c1. The third-order valence-electron chi connectivity index (χ3n) is 4.62. The second-order valence-electron chi connectivity index (χ2n) is 6.49. The molecule has 0 bridgehead atoms. The van der Waals surface area contributed by atoms with Crippen LogP contribution in [0.15, 0.2) is 30.3 Å². The number of nitrogens with zero attached hydrogens (tertiary/aromatic N) is 5. The third-order valence-corrected chi connectivity index (χ3v) is 5.82. The van der Waals surface area contributed by atoms with Gasteiger partial charge in [-0.15, -0.1) is 21.5 Å². The molecular formula is C19H20ClN5O2S. The maximum atomic E-state index is 11.9. The molecule has 1 fully saturated rings. The highest BCUT2D eigenvalue weighted by Gasteiger charge is 2.20. The van der Waals surface area contributed by atoms with E-state index < -0.39 is 0 Å². The van der Waals surface area contributed by atoms with Crippen LogP contribution in [0.2, 0.25) is 5.15 Å². The van der Waals surface area contributed by atoms with Crippen LogP contribution in [0.25, 0.3) is 10.2 Å². The normalized spacial score (nSPS) is 15.1. The second kappa shape index (κ2) is 8.38. The van der Waals surface area contributed by atoms with Crippen LogP contribution in [0.5, 0.6) is 0 Å². The fourth-order valence-corrected chi connectivity index (χ4v) is 4.34. The van der Waals surface area contributed by atoms with Crippen LogP contribution in [0.1, 0.15) is 22.3 Å². The Balaban J connectivity index is 1.39. The summed E-state index contributed by atoms with van der Waals surface area (Å²) in [6, 6.07) is 9.20. The van der Waals surface area contributed by atoms with E-state index in [2.05, 4.69) is 20.0 Å². The van der Waals surface area contributed by atoms with E-state index in [1.165, 1.54) is 0 Å². The number of thiazole rings is 1. The monoisotopic (exact) mass is 417 g/mol. The minimum Gasteiger partial charge on any atom is -0.462 e. The Hall–Kier alpha value is -2.29. The molecule has 28 heavy (non-hydrogen) atoms. The number of aromatic nitrogens is 3. The Bertz CT molecular complexity index is 970. The molecule has 1 saturated heterocycles. The smallest absolute Gasteiger partial charge is 0.338 e. The van der Waals surface area contributed by atoms with Crippen molar-refractivity contribution in [3.63, 3.8) is 0 Å². The summed E-state index contributed by atoms with van der Waals surface area (Å²) in [7, 11) is 0. The van der Waals surface area contributed by atoms with Crippen molar-refractivity contribution in [2.45, 2.75) is 13.5 Å². The van der Waals surface area contributed by atoms with Gasteiger partial charge in [-0.3, -0.25) is 4.90 Å². The molecule has 3 heterocycles. The van der Waals surface area contributed by atoms with Gasteiger partial charge in [0.1, 0.15) is 5.01 Å². The van der Waals surface area contributed by atoms with Gasteiger partial charge in [0.05, 0.1) is 28.9 Å². The molecule has 146 valence electrons. The number of hydrogen-bond acceptors (Lipinski definition) is 8. The second-order valence-corrected chi connectivity index (χ2v) is 7.99. The maximum absolute atomic E-state index is 11.9. The van der Waals surface area contributed by atoms with Crippen molar-refractivity contribution < 1.29 is 9.53 Å². The molecule has 0 aliphatic carbocycles. The van der Waals surface area contributed by atoms with Crippen LogP contribution in [0.4, 0.5) is 5.82 Å². The Labute approximate surface area is 171 Å². The van der Waals surface area contributed by atoms with Gasteiger partial charge in [-0.2, -0.15) is 0 Å². The lowest BCUT2D eigenvalue weighted by Gasteiger charge is -2.34. The molecule has 0 saturated carbocycles. The van der Waals surface area contributed by atoms with Gasteiger partial charge in [0.15, 0.2) is 11.0 Å². The topological polar surface area (TPSA) is 71.5 Å². The van der Waals surface area contributed by atoms with E-state index in [1.54, 1.807) is 30.4 Å². The third kappa shape index (κ3) is 4.24. The summed E-state index contributed by atoms with van der Waals surface area (Å²) < 4.78 is 6.08. The molecule has 2 aromatic heterocycles. The van der Waals surface area contributed by atoms with Gasteiger partial charge in [-0.1, -0.05) is 11.6 Å². The number of hydrogen-bond donors (Lipinski definition) is 0. The average Bonchev–Trinajstić information content (AvgIpc) is 3.11. The molecule has 1 aliphatic rings. The minimum absolute atomic E-state index is 0.291. The lowest BCUT2D eigenvalue weighted by molar-refractivity contribution is 0.0526. The molecule has 0 radical (unpaired) electrons. The lowest BCUT2D eigenvalue weighted by Crippen LogP contribution is -2.46. The molecule has 1 aliphatic heterocycles. The Morgan fingerprint density at radius 1 is 1.18 bits per heavy atom. The van der Waals surface area contributed by atoms with Gasteiger partial charge in [0.25, 0.3) is 0 Å². The van der Waals surface area contributed by atoms with E-state index in [9.17, 15) is 4.79 Å². The zero-order valence-electron chi connectivity index (χ0n) is 15.5. The molecule has 0 amide bonds. The van der Waals surface area contributed by atoms with Crippen LogP contribution >= 0.6 is 22.9 Å². The van der Waals surface area contributed by atoms with Gasteiger partial charge in [-0.25, -0.2) is 9.78 Å². The first-order valence-electron chi connectivity index (χ1n) is 9.15. The van der Waals surface area contributed by atoms with Crippen LogP contribution in [-0.2, 0) is 11.3 Å². The molecule has 4 rings (SSSR count). The molecule has 0 N–H and O–H groups in total. The largest absolute Gasteiger partial charge is 0.462 e. The van der Waals surface area contributed by atoms with E-state index in [0.717, 1.165) is 53.8 Å². The highest BCUT2D eigenvalue weighted by molar-refractivity contribution is 7.18. The fraction of sp³-hybridized carbons (Fsp3) is 0.368. The number of esters is 1. The Morgan fingerprint density at radius 2 is 2.00 bits per heavy atom. The zero-order chi connectivity index (χ0) is 19.5. The minimum atomic E-state index is -0.291. The molecule has 0 unspecified atom stereocenters. The highest BCUT2D eigenvalue weighted by atomic mass is 35.5. The summed E-state index contributed by atoms with van der Waals surface area (Å²) >= 11 is 7.44. The molecule has 0 atom stereocenters. The summed E-state index contributed by atoms with van der Waals surface area (Å²) in [6.45, 7) is 6.60. The summed E-state index contributed by atoms with van der Waals surface area (Å²) in [4.78, 5) is 21.2. The van der Waals surface area contributed by atoms with Crippen LogP contribution in [-0.4, -0.2) is 58.8 Å². The number of carbonyl (C=O) groups is 1. The summed E-state index contributed by atoms with van der Waals surface area (Å²) in [5.74, 6) is 0.566. The first-order valence-corrected chi connectivity index (χ1v) is 10.3. The van der Waals surface area contributed by atoms with E-state index in [4.69, 9.17) is 21.3 Å². The van der Waals surface area contributed by atoms with Gasteiger partial charge >= 0.3 is 5.97 Å². The number of benzene rings is 1. The quantitative estimate of drug-likeness (QED) is 0.590. The van der Waals surface area contributed by atoms with Crippen molar-refractivity contribution in [2.75, 3.05) is 37.7 Å². The number of ether oxygens (including phenoxy) is 1. The highest BCUT2D eigenvalue weighted by Crippen LogP contribution is 2.25. The standard InChI is InChI=1S/C19H20ClN5O2S/c1-2-27-19(26)13-3-4-14-15(11-13)28-18(21-14)12-24-7-9-25(10-8-24)17-6-5-16(20)22-23-17/h3-6,11H,2,7-10,12H2,1H3. The van der Waals surface area contributed by atoms with Gasteiger partial charge in [0, 0.05) is 26.2 Å². The summed E-state index contributed by atoms with van der Waals surface area (Å²) in [6.07, 6.45) is 0. The molecule has 9 heteroatoms. The van der Waals surface area contributed by atoms with E-state index >= 15 is 0 Å². The number of piperazine rings is 1. The average molecular weight is 418 g/mol. The van der Waals surface area contributed by atoms with Crippen molar-refractivity contribution in [3.05, 3.63) is 46.1 Å². The fourth-order valence-electron chi connectivity index (χ4n) is 3.19. The molecule has 1 aromatic carbocycles. The Kier molecular flexibility index (Phi) is 5.70. The van der Waals surface area contributed by atoms with Crippen molar-refractivity contribution in [1.82, 2.24) is 20.1 Å². The van der Waals surface area contributed by atoms with Gasteiger partial charge < -0.3 is 9.64 Å². The predicted molar refractivity (Wildman–Crippen MR) is 110 cm³/mol. The van der Waals surface area contributed by atoms with E-state index in [0.29, 0.717) is 17.3 Å². The van der Waals surface area contributed by atoms with Crippen molar-refractivity contribution in [3.8, 4) is 0 Å². The number of rotatable bonds is 5. The summed E-state index contributed by atoms with van der Waals surface area (Å²) in [5.41, 5.74) is 1.49. The number of fused-ring (bicyclic) bond motifs is 1. The molecule has 0 spiro atoms. The molecular weight excluding hydrogens is 398 g/mol. The molecule has 3 aromatic rings. The van der Waals surface area contributed by atoms with Crippen LogP contribution in [0, 0.1) is 0 Å². The van der Waals surface area contributed by atoms with E-state index in [1.807, 2.05) is 18.2 Å². The van der Waals surface area contributed by atoms with Gasteiger partial charge in [-0.05, 0) is 37.3 Å². The molecule has 7 nitrogen and oxygen atoms in total. The van der Waals surface area contributed by atoms with Gasteiger partial charge in [0.2, 0.25) is 0 Å². The van der Waals surface area contributed by atoms with Crippen molar-refractivity contribution in [1.29, 1.82) is 0 Å². The predicted octanol–water partition coefficient (Wildman–Crippen LogP) is 3.24. The Morgan fingerprint density at radius 3 is 2.71 bits per heavy atom. The number of halogens is 1. The first-order chi connectivity index (χ1) is 13.6. The zero-order valence-corrected chi connectivity index (χ0v) is 17.0. The van der Waals surface area contributed by atoms with Crippen LogP contribution in [0.3, 0.4) is 0 Å². The number of carbonyl (C=O) groups excluding carboxylic acids is 1. The lowest BCUT2D eigenvalue weighted by atomic mass is 10.2. The van der Waals surface area contributed by atoms with E-state index in [-0.39, 0.29) is 5.97 Å². The van der Waals surface area contributed by atoms with Crippen molar-refractivity contribution in [2.24, 2.45) is 0 Å². The maximum Gasteiger partial charge on any atom is 0.338 e. The van der Waals surface area contributed by atoms with Crippen LogP contribution < -0.4 is 4.90 Å². The first kappa shape index (κ1) is 19.0. The van der Waals surface area contributed by atoms with Crippen molar-refractivity contribution >= 4 is 44.9 Å². The number of anilines is 1.